The number of likely N-dealkylation sites (tertiary alicyclic amines) is 1. The Morgan fingerprint density at radius 3 is 2.36 bits per heavy atom. The first-order chi connectivity index (χ1) is 16.1. The zero-order valence-electron chi connectivity index (χ0n) is 20.1. The lowest BCUT2D eigenvalue weighted by molar-refractivity contribution is 0.0792. The van der Waals surface area contributed by atoms with Crippen LogP contribution in [0.4, 0.5) is 5.69 Å². The van der Waals surface area contributed by atoms with Gasteiger partial charge in [0.1, 0.15) is 0 Å². The Morgan fingerprint density at radius 2 is 1.67 bits per heavy atom. The van der Waals surface area contributed by atoms with E-state index in [1.54, 1.807) is 0 Å². The molecule has 178 valence electrons. The zero-order valence-corrected chi connectivity index (χ0v) is 20.1. The molecule has 2 aromatic carbocycles. The second-order valence-electron chi connectivity index (χ2n) is 9.51. The van der Waals surface area contributed by atoms with E-state index in [4.69, 9.17) is 0 Å². The summed E-state index contributed by atoms with van der Waals surface area (Å²) in [6.45, 7) is 7.91. The second kappa shape index (κ2) is 11.5. The molecule has 0 bridgehead atoms. The van der Waals surface area contributed by atoms with Gasteiger partial charge in [-0.2, -0.15) is 0 Å². The van der Waals surface area contributed by atoms with Gasteiger partial charge in [-0.05, 0) is 55.9 Å². The molecule has 0 spiro atoms. The first-order valence-corrected chi connectivity index (χ1v) is 12.4. The Labute approximate surface area is 198 Å². The number of aliphatic hydroxyl groups excluding tert-OH is 1. The lowest BCUT2D eigenvalue weighted by atomic mass is 10.0. The van der Waals surface area contributed by atoms with Gasteiger partial charge in [0.2, 0.25) is 0 Å². The summed E-state index contributed by atoms with van der Waals surface area (Å²) in [7, 11) is 1.84. The van der Waals surface area contributed by atoms with Gasteiger partial charge in [-0.15, -0.1) is 0 Å². The first-order valence-electron chi connectivity index (χ1n) is 12.4. The minimum atomic E-state index is -0.114. The monoisotopic (exact) mass is 449 g/mol. The Kier molecular flexibility index (Phi) is 8.24. The van der Waals surface area contributed by atoms with Gasteiger partial charge in [-0.3, -0.25) is 9.89 Å². The van der Waals surface area contributed by atoms with E-state index in [0.717, 1.165) is 64.5 Å². The van der Waals surface area contributed by atoms with Gasteiger partial charge in [0.25, 0.3) is 0 Å². The maximum absolute atomic E-state index is 9.68. The molecule has 2 aliphatic heterocycles. The summed E-state index contributed by atoms with van der Waals surface area (Å²) in [5.41, 5.74) is 5.18. The molecule has 6 nitrogen and oxygen atoms in total. The van der Waals surface area contributed by atoms with Crippen molar-refractivity contribution in [1.29, 1.82) is 0 Å². The van der Waals surface area contributed by atoms with E-state index in [-0.39, 0.29) is 6.10 Å². The van der Waals surface area contributed by atoms with Crippen LogP contribution in [0, 0.1) is 6.92 Å². The van der Waals surface area contributed by atoms with Crippen molar-refractivity contribution in [3.8, 4) is 0 Å². The highest BCUT2D eigenvalue weighted by Crippen LogP contribution is 2.20. The van der Waals surface area contributed by atoms with Crippen LogP contribution >= 0.6 is 0 Å². The third-order valence-corrected chi connectivity index (χ3v) is 6.83. The normalized spacial score (nSPS) is 20.6. The maximum Gasteiger partial charge on any atom is 0.191 e. The fraction of sp³-hybridized carbons (Fsp3) is 0.519. The molecule has 4 rings (SSSR count). The van der Waals surface area contributed by atoms with Gasteiger partial charge in [0.05, 0.1) is 6.10 Å². The van der Waals surface area contributed by atoms with Crippen LogP contribution < -0.4 is 15.5 Å². The fourth-order valence-corrected chi connectivity index (χ4v) is 4.76. The van der Waals surface area contributed by atoms with Gasteiger partial charge in [-0.1, -0.05) is 42.0 Å². The number of hydrogen-bond acceptors (Lipinski definition) is 4. The average molecular weight is 450 g/mol. The summed E-state index contributed by atoms with van der Waals surface area (Å²) in [5.74, 6) is 0.863. The third-order valence-electron chi connectivity index (χ3n) is 6.83. The average Bonchev–Trinajstić information content (AvgIpc) is 2.85. The standard InChI is InChI=1S/C27H39N5O/c1-21-5-11-25(12-6-21)32-15-3-4-24(20-32)30-27(28-2)29-18-22-7-9-23(10-8-22)19-31-16-13-26(33)14-17-31/h5-12,24,26,33H,3-4,13-20H2,1-2H3,(H2,28,29,30). The van der Waals surface area contributed by atoms with Crippen LogP contribution in [-0.2, 0) is 13.1 Å². The highest BCUT2D eigenvalue weighted by atomic mass is 16.3. The van der Waals surface area contributed by atoms with Crippen LogP contribution in [0.5, 0.6) is 0 Å². The Hall–Kier alpha value is -2.57. The summed E-state index contributed by atoms with van der Waals surface area (Å²) < 4.78 is 0. The molecule has 2 heterocycles. The van der Waals surface area contributed by atoms with Crippen molar-refractivity contribution in [1.82, 2.24) is 15.5 Å². The topological polar surface area (TPSA) is 63.1 Å². The van der Waals surface area contributed by atoms with Crippen molar-refractivity contribution in [3.63, 3.8) is 0 Å². The molecule has 1 unspecified atom stereocenters. The fourth-order valence-electron chi connectivity index (χ4n) is 4.76. The van der Waals surface area contributed by atoms with Crippen molar-refractivity contribution in [2.24, 2.45) is 4.99 Å². The number of aryl methyl sites for hydroxylation is 1. The van der Waals surface area contributed by atoms with E-state index in [0.29, 0.717) is 6.04 Å². The van der Waals surface area contributed by atoms with Crippen molar-refractivity contribution in [2.75, 3.05) is 38.1 Å². The van der Waals surface area contributed by atoms with Gasteiger partial charge < -0.3 is 20.6 Å². The van der Waals surface area contributed by atoms with E-state index in [9.17, 15) is 5.11 Å². The maximum atomic E-state index is 9.68. The molecule has 0 amide bonds. The lowest BCUT2D eigenvalue weighted by Gasteiger charge is -2.35. The van der Waals surface area contributed by atoms with Crippen molar-refractivity contribution in [3.05, 3.63) is 65.2 Å². The Balaban J connectivity index is 1.24. The lowest BCUT2D eigenvalue weighted by Crippen LogP contribution is -2.51. The molecule has 0 aliphatic carbocycles. The summed E-state index contributed by atoms with van der Waals surface area (Å²) in [5, 5.41) is 16.8. The largest absolute Gasteiger partial charge is 0.393 e. The summed E-state index contributed by atoms with van der Waals surface area (Å²) in [6, 6.07) is 18.1. The van der Waals surface area contributed by atoms with E-state index in [1.807, 2.05) is 7.05 Å². The molecule has 2 fully saturated rings. The van der Waals surface area contributed by atoms with E-state index in [2.05, 4.69) is 80.9 Å². The molecule has 1 atom stereocenters. The number of aliphatic hydroxyl groups is 1. The minimum absolute atomic E-state index is 0.114. The number of guanidine groups is 1. The van der Waals surface area contributed by atoms with Crippen LogP contribution in [0.1, 0.15) is 42.4 Å². The number of benzene rings is 2. The molecule has 6 heteroatoms. The minimum Gasteiger partial charge on any atom is -0.393 e. The molecule has 0 saturated carbocycles. The quantitative estimate of drug-likeness (QED) is 0.467. The van der Waals surface area contributed by atoms with Crippen molar-refractivity contribution < 1.29 is 5.11 Å². The Morgan fingerprint density at radius 1 is 0.970 bits per heavy atom. The van der Waals surface area contributed by atoms with Crippen LogP contribution in [0.25, 0.3) is 0 Å². The molecule has 0 radical (unpaired) electrons. The number of piperidine rings is 2. The molecule has 2 aromatic rings. The number of nitrogens with one attached hydrogen (secondary N) is 2. The molecule has 33 heavy (non-hydrogen) atoms. The number of hydrogen-bond donors (Lipinski definition) is 3. The highest BCUT2D eigenvalue weighted by molar-refractivity contribution is 5.80. The van der Waals surface area contributed by atoms with Crippen LogP contribution in [0.15, 0.2) is 53.5 Å². The number of aliphatic imine (C=N–C) groups is 1. The van der Waals surface area contributed by atoms with Gasteiger partial charge in [0, 0.05) is 58.0 Å². The number of nitrogens with zero attached hydrogens (tertiary/aromatic N) is 3. The molecule has 3 N–H and O–H groups in total. The van der Waals surface area contributed by atoms with Gasteiger partial charge in [0.15, 0.2) is 5.96 Å². The second-order valence-corrected chi connectivity index (χ2v) is 9.51. The predicted octanol–water partition coefficient (Wildman–Crippen LogP) is 3.29. The molecular weight excluding hydrogens is 410 g/mol. The summed E-state index contributed by atoms with van der Waals surface area (Å²) >= 11 is 0. The van der Waals surface area contributed by atoms with Crippen LogP contribution in [0.3, 0.4) is 0 Å². The van der Waals surface area contributed by atoms with Gasteiger partial charge in [-0.25, -0.2) is 0 Å². The number of rotatable bonds is 6. The molecule has 2 saturated heterocycles. The summed E-state index contributed by atoms with van der Waals surface area (Å²) in [6.07, 6.45) is 4.00. The molecular formula is C27H39N5O. The first kappa shape index (κ1) is 23.6. The zero-order chi connectivity index (χ0) is 23.0. The molecule has 2 aliphatic rings. The van der Waals surface area contributed by atoms with Crippen molar-refractivity contribution in [2.45, 2.75) is 57.8 Å². The van der Waals surface area contributed by atoms with Crippen LogP contribution in [0.2, 0.25) is 0 Å². The van der Waals surface area contributed by atoms with E-state index in [1.165, 1.54) is 28.8 Å². The SMILES string of the molecule is CN=C(NCc1ccc(CN2CCC(O)CC2)cc1)NC1CCCN(c2ccc(C)cc2)C1. The van der Waals surface area contributed by atoms with Crippen LogP contribution in [-0.4, -0.2) is 61.3 Å². The highest BCUT2D eigenvalue weighted by Gasteiger charge is 2.21. The van der Waals surface area contributed by atoms with E-state index < -0.39 is 0 Å². The smallest absolute Gasteiger partial charge is 0.191 e. The van der Waals surface area contributed by atoms with E-state index >= 15 is 0 Å². The summed E-state index contributed by atoms with van der Waals surface area (Å²) in [4.78, 5) is 9.35. The number of anilines is 1. The third kappa shape index (κ3) is 6.95. The van der Waals surface area contributed by atoms with Gasteiger partial charge >= 0.3 is 0 Å². The Bertz CT molecular complexity index is 888. The molecule has 0 aromatic heterocycles. The predicted molar refractivity (Wildman–Crippen MR) is 137 cm³/mol. The van der Waals surface area contributed by atoms with Crippen molar-refractivity contribution >= 4 is 11.6 Å².